The van der Waals surface area contributed by atoms with Gasteiger partial charge in [-0.15, -0.1) is 0 Å². The summed E-state index contributed by atoms with van der Waals surface area (Å²) in [5, 5.41) is 9.11. The number of ether oxygens (including phenoxy) is 1. The Morgan fingerprint density at radius 2 is 2.06 bits per heavy atom. The minimum Gasteiger partial charge on any atom is -0.481 e. The van der Waals surface area contributed by atoms with Crippen molar-refractivity contribution in [3.63, 3.8) is 0 Å². The van der Waals surface area contributed by atoms with Crippen LogP contribution < -0.4 is 5.73 Å². The highest BCUT2D eigenvalue weighted by Gasteiger charge is 2.40. The average molecular weight is 258 g/mol. The zero-order chi connectivity index (χ0) is 13.9. The Hall–Kier alpha value is -1.14. The predicted octanol–water partition coefficient (Wildman–Crippen LogP) is -0.0822. The number of carboxylic acids is 1. The number of carbonyl (C=O) groups is 2. The first-order valence-electron chi connectivity index (χ1n) is 6.26. The van der Waals surface area contributed by atoms with Crippen molar-refractivity contribution in [3.05, 3.63) is 0 Å². The molecule has 104 valence electrons. The summed E-state index contributed by atoms with van der Waals surface area (Å²) in [5.74, 6) is -1.76. The monoisotopic (exact) mass is 258 g/mol. The van der Waals surface area contributed by atoms with Crippen LogP contribution in [0.25, 0.3) is 0 Å². The van der Waals surface area contributed by atoms with Gasteiger partial charge in [0.1, 0.15) is 5.92 Å². The highest BCUT2D eigenvalue weighted by atomic mass is 16.5. The fraction of sp³-hybridized carbons (Fsp3) is 0.833. The van der Waals surface area contributed by atoms with Crippen LogP contribution in [0.15, 0.2) is 0 Å². The van der Waals surface area contributed by atoms with Gasteiger partial charge in [-0.05, 0) is 12.8 Å². The average Bonchev–Trinajstić information content (AvgIpc) is 2.77. The predicted molar refractivity (Wildman–Crippen MR) is 65.9 cm³/mol. The van der Waals surface area contributed by atoms with Crippen molar-refractivity contribution in [1.82, 2.24) is 4.90 Å². The standard InChI is InChI=1S/C12H22N2O4/c1-4-14(11(15)10(13)7(2)3)9-6-18-5-8(9)12(16)17/h7-10H,4-6,13H2,1-3H3,(H,16,17)/t8?,9?,10-/m0/s1. The summed E-state index contributed by atoms with van der Waals surface area (Å²) >= 11 is 0. The number of hydrogen-bond donors (Lipinski definition) is 2. The summed E-state index contributed by atoms with van der Waals surface area (Å²) in [5.41, 5.74) is 5.85. The Morgan fingerprint density at radius 1 is 1.44 bits per heavy atom. The van der Waals surface area contributed by atoms with E-state index in [4.69, 9.17) is 15.6 Å². The zero-order valence-corrected chi connectivity index (χ0v) is 11.1. The fourth-order valence-electron chi connectivity index (χ4n) is 2.12. The van der Waals surface area contributed by atoms with Gasteiger partial charge in [-0.1, -0.05) is 13.8 Å². The number of nitrogens with two attached hydrogens (primary N) is 1. The quantitative estimate of drug-likeness (QED) is 0.719. The summed E-state index contributed by atoms with van der Waals surface area (Å²) in [6.45, 7) is 6.42. The molecule has 18 heavy (non-hydrogen) atoms. The summed E-state index contributed by atoms with van der Waals surface area (Å²) in [6, 6.07) is -1.01. The molecule has 1 aliphatic heterocycles. The molecular weight excluding hydrogens is 236 g/mol. The van der Waals surface area contributed by atoms with Gasteiger partial charge in [0.25, 0.3) is 0 Å². The topological polar surface area (TPSA) is 92.9 Å². The van der Waals surface area contributed by atoms with E-state index < -0.39 is 24.0 Å². The van der Waals surface area contributed by atoms with E-state index in [9.17, 15) is 9.59 Å². The molecule has 0 spiro atoms. The zero-order valence-electron chi connectivity index (χ0n) is 11.1. The van der Waals surface area contributed by atoms with Crippen molar-refractivity contribution >= 4 is 11.9 Å². The molecule has 0 aromatic heterocycles. The van der Waals surface area contributed by atoms with E-state index in [-0.39, 0.29) is 25.0 Å². The number of carbonyl (C=O) groups excluding carboxylic acids is 1. The Balaban J connectivity index is 2.82. The molecule has 1 fully saturated rings. The van der Waals surface area contributed by atoms with E-state index in [0.717, 1.165) is 0 Å². The van der Waals surface area contributed by atoms with Crippen molar-refractivity contribution < 1.29 is 19.4 Å². The normalized spacial score (nSPS) is 25.2. The first-order valence-corrected chi connectivity index (χ1v) is 6.26. The maximum Gasteiger partial charge on any atom is 0.311 e. The van der Waals surface area contributed by atoms with Gasteiger partial charge in [0.15, 0.2) is 0 Å². The van der Waals surface area contributed by atoms with Crippen LogP contribution in [0.4, 0.5) is 0 Å². The molecule has 0 aromatic carbocycles. The molecule has 1 heterocycles. The van der Waals surface area contributed by atoms with Crippen molar-refractivity contribution in [2.24, 2.45) is 17.6 Å². The van der Waals surface area contributed by atoms with Gasteiger partial charge < -0.3 is 20.5 Å². The van der Waals surface area contributed by atoms with E-state index in [1.807, 2.05) is 20.8 Å². The van der Waals surface area contributed by atoms with Crippen LogP contribution in [0.5, 0.6) is 0 Å². The third-order valence-electron chi connectivity index (χ3n) is 3.40. The highest BCUT2D eigenvalue weighted by molar-refractivity contribution is 5.83. The number of hydrogen-bond acceptors (Lipinski definition) is 4. The molecule has 1 aliphatic rings. The van der Waals surface area contributed by atoms with Gasteiger partial charge in [0.05, 0.1) is 25.3 Å². The van der Waals surface area contributed by atoms with Crippen LogP contribution in [0.3, 0.4) is 0 Å². The third-order valence-corrected chi connectivity index (χ3v) is 3.40. The lowest BCUT2D eigenvalue weighted by Crippen LogP contribution is -2.53. The summed E-state index contributed by atoms with van der Waals surface area (Å²) in [4.78, 5) is 24.9. The Morgan fingerprint density at radius 3 is 2.50 bits per heavy atom. The largest absolute Gasteiger partial charge is 0.481 e. The summed E-state index contributed by atoms with van der Waals surface area (Å²) in [7, 11) is 0. The van der Waals surface area contributed by atoms with Gasteiger partial charge in [0, 0.05) is 6.54 Å². The van der Waals surface area contributed by atoms with Gasteiger partial charge >= 0.3 is 5.97 Å². The first kappa shape index (κ1) is 14.9. The Kier molecular flexibility index (Phi) is 5.10. The minimum absolute atomic E-state index is 0.0251. The number of amides is 1. The number of rotatable bonds is 5. The maximum atomic E-state index is 12.2. The molecule has 1 saturated heterocycles. The second kappa shape index (κ2) is 6.15. The number of likely N-dealkylation sites (N-methyl/N-ethyl adjacent to an activating group) is 1. The van der Waals surface area contributed by atoms with E-state index in [0.29, 0.717) is 6.54 Å². The van der Waals surface area contributed by atoms with Crippen molar-refractivity contribution in [2.75, 3.05) is 19.8 Å². The lowest BCUT2D eigenvalue weighted by molar-refractivity contribution is -0.145. The number of carboxylic acid groups (broad SMARTS) is 1. The van der Waals surface area contributed by atoms with E-state index >= 15 is 0 Å². The molecule has 0 radical (unpaired) electrons. The molecule has 2 unspecified atom stereocenters. The fourth-order valence-corrected chi connectivity index (χ4v) is 2.12. The molecule has 0 aromatic rings. The lowest BCUT2D eigenvalue weighted by Gasteiger charge is -2.32. The highest BCUT2D eigenvalue weighted by Crippen LogP contribution is 2.21. The molecule has 1 rings (SSSR count). The van der Waals surface area contributed by atoms with Gasteiger partial charge in [0.2, 0.25) is 5.91 Å². The van der Waals surface area contributed by atoms with Crippen LogP contribution in [0.1, 0.15) is 20.8 Å². The van der Waals surface area contributed by atoms with Crippen LogP contribution in [-0.4, -0.2) is 53.7 Å². The smallest absolute Gasteiger partial charge is 0.311 e. The molecular formula is C12H22N2O4. The van der Waals surface area contributed by atoms with E-state index in [2.05, 4.69) is 0 Å². The van der Waals surface area contributed by atoms with Gasteiger partial charge in [-0.25, -0.2) is 0 Å². The second-order valence-corrected chi connectivity index (χ2v) is 4.94. The molecule has 0 bridgehead atoms. The Labute approximate surface area is 107 Å². The third kappa shape index (κ3) is 3.00. The maximum absolute atomic E-state index is 12.2. The first-order chi connectivity index (χ1) is 8.40. The van der Waals surface area contributed by atoms with Gasteiger partial charge in [-0.3, -0.25) is 9.59 Å². The minimum atomic E-state index is -0.929. The summed E-state index contributed by atoms with van der Waals surface area (Å²) in [6.07, 6.45) is 0. The SMILES string of the molecule is CCN(C(=O)[C@@H](N)C(C)C)C1COCC1C(=O)O. The van der Waals surface area contributed by atoms with Crippen molar-refractivity contribution in [3.8, 4) is 0 Å². The molecule has 0 aliphatic carbocycles. The molecule has 3 N–H and O–H groups in total. The lowest BCUT2D eigenvalue weighted by atomic mass is 9.99. The molecule has 0 saturated carbocycles. The van der Waals surface area contributed by atoms with Crippen LogP contribution in [0.2, 0.25) is 0 Å². The molecule has 6 nitrogen and oxygen atoms in total. The summed E-state index contributed by atoms with van der Waals surface area (Å²) < 4.78 is 5.19. The van der Waals surface area contributed by atoms with Crippen molar-refractivity contribution in [2.45, 2.75) is 32.9 Å². The molecule has 6 heteroatoms. The molecule has 1 amide bonds. The van der Waals surface area contributed by atoms with E-state index in [1.54, 1.807) is 0 Å². The van der Waals surface area contributed by atoms with Crippen molar-refractivity contribution in [1.29, 1.82) is 0 Å². The van der Waals surface area contributed by atoms with Crippen LogP contribution >= 0.6 is 0 Å². The number of aliphatic carboxylic acids is 1. The Bertz CT molecular complexity index is 319. The van der Waals surface area contributed by atoms with Crippen LogP contribution in [-0.2, 0) is 14.3 Å². The number of nitrogens with zero attached hydrogens (tertiary/aromatic N) is 1. The second-order valence-electron chi connectivity index (χ2n) is 4.94. The molecule has 3 atom stereocenters. The van der Waals surface area contributed by atoms with E-state index in [1.165, 1.54) is 4.90 Å². The van der Waals surface area contributed by atoms with Crippen LogP contribution in [0, 0.1) is 11.8 Å². The van der Waals surface area contributed by atoms with Gasteiger partial charge in [-0.2, -0.15) is 0 Å².